The molecule has 1 aromatic heterocycles. The van der Waals surface area contributed by atoms with Crippen LogP contribution in [0.1, 0.15) is 111 Å². The lowest BCUT2D eigenvalue weighted by Crippen LogP contribution is -2.34. The molecule has 1 aromatic rings. The minimum Gasteiger partial charge on any atom is -0.396 e. The number of halogens is 1. The Kier molecular flexibility index (Phi) is 12.9. The fourth-order valence-corrected chi connectivity index (χ4v) is 5.84. The fraction of sp³-hybridized carbons (Fsp3) is 0.840. The first-order chi connectivity index (χ1) is 16.3. The molecule has 0 fully saturated rings. The molecule has 1 aliphatic rings. The number of sulfone groups is 1. The SMILES string of the molecule is CC1Nc2nc(Cl)nc(S(=O)(=O)C(C)C)c2N1CCCCCCCCCCCCCCCCO. The van der Waals surface area contributed by atoms with Gasteiger partial charge < -0.3 is 15.3 Å². The molecule has 34 heavy (non-hydrogen) atoms. The van der Waals surface area contributed by atoms with Gasteiger partial charge in [0.25, 0.3) is 0 Å². The van der Waals surface area contributed by atoms with Crippen molar-refractivity contribution in [3.8, 4) is 0 Å². The molecule has 1 atom stereocenters. The largest absolute Gasteiger partial charge is 0.396 e. The summed E-state index contributed by atoms with van der Waals surface area (Å²) in [4.78, 5) is 10.4. The highest BCUT2D eigenvalue weighted by molar-refractivity contribution is 7.92. The number of nitrogens with zero attached hydrogens (tertiary/aromatic N) is 3. The van der Waals surface area contributed by atoms with Crippen LogP contribution in [0.2, 0.25) is 5.28 Å². The highest BCUT2D eigenvalue weighted by atomic mass is 35.5. The van der Waals surface area contributed by atoms with E-state index in [4.69, 9.17) is 16.7 Å². The second-order valence-corrected chi connectivity index (χ2v) is 12.5. The van der Waals surface area contributed by atoms with Crippen molar-refractivity contribution in [2.24, 2.45) is 0 Å². The van der Waals surface area contributed by atoms with E-state index in [1.165, 1.54) is 64.2 Å². The van der Waals surface area contributed by atoms with Gasteiger partial charge in [-0.25, -0.2) is 13.4 Å². The van der Waals surface area contributed by atoms with Gasteiger partial charge >= 0.3 is 0 Å². The number of fused-ring (bicyclic) bond motifs is 1. The van der Waals surface area contributed by atoms with Gasteiger partial charge in [-0.3, -0.25) is 0 Å². The van der Waals surface area contributed by atoms with Gasteiger partial charge in [-0.15, -0.1) is 0 Å². The number of anilines is 2. The molecule has 2 N–H and O–H groups in total. The van der Waals surface area contributed by atoms with Gasteiger partial charge in [0.05, 0.1) is 11.4 Å². The van der Waals surface area contributed by atoms with E-state index in [9.17, 15) is 8.42 Å². The molecule has 2 heterocycles. The Balaban J connectivity index is 1.66. The Labute approximate surface area is 212 Å². The predicted octanol–water partition coefficient (Wildman–Crippen LogP) is 6.34. The minimum atomic E-state index is -3.57. The second kappa shape index (κ2) is 15.1. The summed E-state index contributed by atoms with van der Waals surface area (Å²) in [7, 11) is -3.57. The number of aliphatic hydroxyl groups is 1. The van der Waals surface area contributed by atoms with E-state index in [0.717, 1.165) is 32.2 Å². The number of rotatable bonds is 18. The number of hydrogen-bond acceptors (Lipinski definition) is 7. The summed E-state index contributed by atoms with van der Waals surface area (Å²) < 4.78 is 25.8. The van der Waals surface area contributed by atoms with Gasteiger partial charge in [0.15, 0.2) is 20.7 Å². The van der Waals surface area contributed by atoms with Crippen LogP contribution in [0.5, 0.6) is 0 Å². The standard InChI is InChI=1S/C25H45ClN4O3S/c1-20(2)34(32,33)24-22-23(28-25(26)29-24)27-21(3)30(22)18-16-14-12-10-8-6-4-5-7-9-11-13-15-17-19-31/h20-21,31H,4-19H2,1-3H3,(H,27,28,29). The molecule has 0 bridgehead atoms. The van der Waals surface area contributed by atoms with Crippen molar-refractivity contribution in [1.29, 1.82) is 0 Å². The zero-order chi connectivity index (χ0) is 25.0. The molecule has 2 rings (SSSR count). The average Bonchev–Trinajstić information content (AvgIpc) is 3.10. The van der Waals surface area contributed by atoms with E-state index in [0.29, 0.717) is 18.1 Å². The summed E-state index contributed by atoms with van der Waals surface area (Å²) in [5.41, 5.74) is 0.569. The zero-order valence-electron chi connectivity index (χ0n) is 21.4. The summed E-state index contributed by atoms with van der Waals surface area (Å²) in [5, 5.41) is 11.5. The summed E-state index contributed by atoms with van der Waals surface area (Å²) >= 11 is 6.03. The van der Waals surface area contributed by atoms with E-state index in [-0.39, 0.29) is 16.5 Å². The normalized spacial score (nSPS) is 15.7. The number of nitrogens with one attached hydrogen (secondary N) is 1. The monoisotopic (exact) mass is 516 g/mol. The topological polar surface area (TPSA) is 95.4 Å². The maximum absolute atomic E-state index is 12.9. The Morgan fingerprint density at radius 1 is 0.882 bits per heavy atom. The van der Waals surface area contributed by atoms with Crippen LogP contribution < -0.4 is 10.2 Å². The average molecular weight is 517 g/mol. The molecule has 196 valence electrons. The van der Waals surface area contributed by atoms with Crippen molar-refractivity contribution < 1.29 is 13.5 Å². The summed E-state index contributed by atoms with van der Waals surface area (Å²) in [5.74, 6) is 0.511. The van der Waals surface area contributed by atoms with Crippen molar-refractivity contribution in [1.82, 2.24) is 9.97 Å². The smallest absolute Gasteiger partial charge is 0.225 e. The van der Waals surface area contributed by atoms with Gasteiger partial charge in [0, 0.05) is 13.2 Å². The van der Waals surface area contributed by atoms with Crippen LogP contribution in [0.4, 0.5) is 11.5 Å². The van der Waals surface area contributed by atoms with Crippen LogP contribution in [0, 0.1) is 0 Å². The van der Waals surface area contributed by atoms with Gasteiger partial charge in [-0.05, 0) is 45.2 Å². The first kappa shape index (κ1) is 29.1. The third-order valence-electron chi connectivity index (χ3n) is 6.62. The summed E-state index contributed by atoms with van der Waals surface area (Å²) in [6.07, 6.45) is 17.2. The quantitative estimate of drug-likeness (QED) is 0.133. The van der Waals surface area contributed by atoms with Crippen molar-refractivity contribution in [2.45, 2.75) is 127 Å². The third kappa shape index (κ3) is 8.83. The Morgan fingerprint density at radius 3 is 1.82 bits per heavy atom. The second-order valence-electron chi connectivity index (χ2n) is 9.78. The van der Waals surface area contributed by atoms with Crippen LogP contribution in [0.15, 0.2) is 5.03 Å². The molecule has 0 saturated heterocycles. The molecular formula is C25H45ClN4O3S. The van der Waals surface area contributed by atoms with E-state index in [1.54, 1.807) is 13.8 Å². The molecule has 9 heteroatoms. The Hall–Kier alpha value is -1.12. The predicted molar refractivity (Wildman–Crippen MR) is 142 cm³/mol. The lowest BCUT2D eigenvalue weighted by atomic mass is 10.0. The van der Waals surface area contributed by atoms with Crippen molar-refractivity contribution >= 4 is 32.9 Å². The van der Waals surface area contributed by atoms with Crippen LogP contribution in [0.25, 0.3) is 0 Å². The van der Waals surface area contributed by atoms with Crippen LogP contribution >= 0.6 is 11.6 Å². The maximum atomic E-state index is 12.9. The molecule has 0 radical (unpaired) electrons. The number of aliphatic hydroxyl groups excluding tert-OH is 1. The number of hydrogen-bond donors (Lipinski definition) is 2. The molecule has 7 nitrogen and oxygen atoms in total. The van der Waals surface area contributed by atoms with Crippen LogP contribution in [-0.4, -0.2) is 48.1 Å². The lowest BCUT2D eigenvalue weighted by molar-refractivity contribution is 0.282. The molecule has 0 saturated carbocycles. The molecule has 0 aromatic carbocycles. The molecule has 1 aliphatic heterocycles. The zero-order valence-corrected chi connectivity index (χ0v) is 22.9. The van der Waals surface area contributed by atoms with Gasteiger partial charge in [-0.1, -0.05) is 77.0 Å². The van der Waals surface area contributed by atoms with Crippen LogP contribution in [-0.2, 0) is 9.84 Å². The molecule has 1 unspecified atom stereocenters. The van der Waals surface area contributed by atoms with E-state index in [2.05, 4.69) is 20.2 Å². The Bertz CT molecular complexity index is 836. The third-order valence-corrected chi connectivity index (χ3v) is 8.86. The highest BCUT2D eigenvalue weighted by Gasteiger charge is 2.36. The summed E-state index contributed by atoms with van der Waals surface area (Å²) in [6.45, 7) is 6.43. The first-order valence-electron chi connectivity index (χ1n) is 13.2. The van der Waals surface area contributed by atoms with Crippen molar-refractivity contribution in [2.75, 3.05) is 23.4 Å². The fourth-order valence-electron chi connectivity index (χ4n) is 4.48. The first-order valence-corrected chi connectivity index (χ1v) is 15.2. The minimum absolute atomic E-state index is 0.0412. The van der Waals surface area contributed by atoms with Crippen LogP contribution in [0.3, 0.4) is 0 Å². The van der Waals surface area contributed by atoms with Crippen molar-refractivity contribution in [3.63, 3.8) is 0 Å². The molecule has 0 amide bonds. The highest BCUT2D eigenvalue weighted by Crippen LogP contribution is 2.39. The molecule has 0 spiro atoms. The van der Waals surface area contributed by atoms with E-state index >= 15 is 0 Å². The number of aromatic nitrogens is 2. The summed E-state index contributed by atoms with van der Waals surface area (Å²) in [6, 6.07) is 0. The van der Waals surface area contributed by atoms with E-state index < -0.39 is 15.1 Å². The van der Waals surface area contributed by atoms with Gasteiger partial charge in [0.1, 0.15) is 5.69 Å². The lowest BCUT2D eigenvalue weighted by Gasteiger charge is -2.25. The van der Waals surface area contributed by atoms with E-state index in [1.807, 2.05) is 6.92 Å². The van der Waals surface area contributed by atoms with Crippen molar-refractivity contribution in [3.05, 3.63) is 5.28 Å². The number of unbranched alkanes of at least 4 members (excludes halogenated alkanes) is 13. The molecule has 0 aliphatic carbocycles. The van der Waals surface area contributed by atoms with Gasteiger partial charge in [-0.2, -0.15) is 4.98 Å². The van der Waals surface area contributed by atoms with Gasteiger partial charge in [0.2, 0.25) is 5.28 Å². The Morgan fingerprint density at radius 2 is 1.35 bits per heavy atom. The molecular weight excluding hydrogens is 472 g/mol. The maximum Gasteiger partial charge on any atom is 0.225 e.